The molecule has 2 rings (SSSR count). The molecule has 1 fully saturated rings. The summed E-state index contributed by atoms with van der Waals surface area (Å²) in [5.41, 5.74) is 1.05. The van der Waals surface area contributed by atoms with E-state index in [1.54, 1.807) is 6.92 Å². The fraction of sp³-hybridized carbons (Fsp3) is 0.500. The molecule has 3 nitrogen and oxygen atoms in total. The zero-order valence-corrected chi connectivity index (χ0v) is 10.5. The summed E-state index contributed by atoms with van der Waals surface area (Å²) in [5.74, 6) is -0.0620. The van der Waals surface area contributed by atoms with Gasteiger partial charge in [-0.05, 0) is 45.2 Å². The summed E-state index contributed by atoms with van der Waals surface area (Å²) < 4.78 is 5.77. The lowest BCUT2D eigenvalue weighted by Gasteiger charge is -2.27. The van der Waals surface area contributed by atoms with Gasteiger partial charge in [-0.2, -0.15) is 0 Å². The molecule has 0 radical (unpaired) electrons. The third-order valence-electron chi connectivity index (χ3n) is 3.43. The number of aryl methyl sites for hydroxylation is 2. The molecule has 0 amide bonds. The molecule has 0 aliphatic heterocycles. The first-order chi connectivity index (χ1) is 7.93. The van der Waals surface area contributed by atoms with E-state index in [2.05, 4.69) is 0 Å². The van der Waals surface area contributed by atoms with Crippen LogP contribution in [0, 0.1) is 19.8 Å². The van der Waals surface area contributed by atoms with Crippen molar-refractivity contribution in [3.8, 4) is 5.75 Å². The zero-order valence-electron chi connectivity index (χ0n) is 10.5. The van der Waals surface area contributed by atoms with Gasteiger partial charge in [-0.1, -0.05) is 17.7 Å². The van der Waals surface area contributed by atoms with E-state index in [1.165, 1.54) is 0 Å². The van der Waals surface area contributed by atoms with Gasteiger partial charge in [0.2, 0.25) is 5.60 Å². The summed E-state index contributed by atoms with van der Waals surface area (Å²) >= 11 is 0. The van der Waals surface area contributed by atoms with Crippen LogP contribution in [0.1, 0.15) is 30.9 Å². The first-order valence-corrected chi connectivity index (χ1v) is 5.93. The van der Waals surface area contributed by atoms with Crippen LogP contribution < -0.4 is 4.74 Å². The molecule has 1 unspecified atom stereocenters. The maximum atomic E-state index is 11.4. The Morgan fingerprint density at radius 3 is 2.53 bits per heavy atom. The minimum Gasteiger partial charge on any atom is -0.478 e. The fourth-order valence-electron chi connectivity index (χ4n) is 2.08. The van der Waals surface area contributed by atoms with Gasteiger partial charge in [0, 0.05) is 5.92 Å². The number of carbonyl (C=O) groups is 1. The van der Waals surface area contributed by atoms with Gasteiger partial charge >= 0.3 is 5.97 Å². The summed E-state index contributed by atoms with van der Waals surface area (Å²) in [6.07, 6.45) is 1.88. The summed E-state index contributed by atoms with van der Waals surface area (Å²) in [6, 6.07) is 5.80. The Bertz CT molecular complexity index is 449. The number of ether oxygens (including phenoxy) is 1. The highest BCUT2D eigenvalue weighted by molar-refractivity contribution is 5.78. The number of hydrogen-bond donors (Lipinski definition) is 1. The SMILES string of the molecule is Cc1ccc(OC(C)(C(=O)O)C2CC2)c(C)c1. The minimum absolute atomic E-state index is 0.140. The van der Waals surface area contributed by atoms with Crippen LogP contribution in [0.2, 0.25) is 0 Å². The number of carboxylic acids is 1. The second kappa shape index (κ2) is 4.06. The monoisotopic (exact) mass is 234 g/mol. The molecule has 17 heavy (non-hydrogen) atoms. The van der Waals surface area contributed by atoms with Crippen LogP contribution in [0.15, 0.2) is 18.2 Å². The van der Waals surface area contributed by atoms with Crippen molar-refractivity contribution in [3.05, 3.63) is 29.3 Å². The van der Waals surface area contributed by atoms with Crippen molar-refractivity contribution in [2.75, 3.05) is 0 Å². The van der Waals surface area contributed by atoms with Gasteiger partial charge in [-0.15, -0.1) is 0 Å². The molecule has 3 heteroatoms. The molecule has 1 aliphatic rings. The lowest BCUT2D eigenvalue weighted by atomic mass is 10.00. The molecular formula is C14H18O3. The van der Waals surface area contributed by atoms with E-state index < -0.39 is 11.6 Å². The van der Waals surface area contributed by atoms with Gasteiger partial charge in [0.05, 0.1) is 0 Å². The topological polar surface area (TPSA) is 46.5 Å². The highest BCUT2D eigenvalue weighted by Crippen LogP contribution is 2.42. The van der Waals surface area contributed by atoms with Gasteiger partial charge in [-0.3, -0.25) is 0 Å². The molecule has 1 atom stereocenters. The quantitative estimate of drug-likeness (QED) is 0.871. The van der Waals surface area contributed by atoms with Gasteiger partial charge < -0.3 is 9.84 Å². The Morgan fingerprint density at radius 1 is 1.41 bits per heavy atom. The second-order valence-corrected chi connectivity index (χ2v) is 5.06. The molecule has 1 aliphatic carbocycles. The standard InChI is InChI=1S/C14H18O3/c1-9-4-7-12(10(2)8-9)17-14(3,13(15)16)11-5-6-11/h4,7-8,11H,5-6H2,1-3H3,(H,15,16). The summed E-state index contributed by atoms with van der Waals surface area (Å²) in [7, 11) is 0. The number of carboxylic acid groups (broad SMARTS) is 1. The predicted octanol–water partition coefficient (Wildman–Crippen LogP) is 2.94. The average Bonchev–Trinajstić information content (AvgIpc) is 3.05. The number of rotatable bonds is 4. The van der Waals surface area contributed by atoms with Crippen molar-refractivity contribution < 1.29 is 14.6 Å². The van der Waals surface area contributed by atoms with Crippen LogP contribution in [-0.2, 0) is 4.79 Å². The maximum Gasteiger partial charge on any atom is 0.348 e. The summed E-state index contributed by atoms with van der Waals surface area (Å²) in [6.45, 7) is 5.62. The lowest BCUT2D eigenvalue weighted by Crippen LogP contribution is -2.43. The molecule has 1 aromatic carbocycles. The Balaban J connectivity index is 2.26. The van der Waals surface area contributed by atoms with Crippen LogP contribution in [0.3, 0.4) is 0 Å². The van der Waals surface area contributed by atoms with Crippen LogP contribution in [0.5, 0.6) is 5.75 Å². The van der Waals surface area contributed by atoms with Crippen molar-refractivity contribution in [3.63, 3.8) is 0 Å². The molecule has 1 saturated carbocycles. The molecule has 1 N–H and O–H groups in total. The van der Waals surface area contributed by atoms with Crippen LogP contribution in [0.25, 0.3) is 0 Å². The molecule has 92 valence electrons. The Hall–Kier alpha value is -1.51. The predicted molar refractivity (Wildman–Crippen MR) is 65.3 cm³/mol. The van der Waals surface area contributed by atoms with Crippen molar-refractivity contribution >= 4 is 5.97 Å². The van der Waals surface area contributed by atoms with E-state index in [-0.39, 0.29) is 5.92 Å². The first kappa shape index (κ1) is 12.0. The van der Waals surface area contributed by atoms with Gasteiger partial charge in [0.25, 0.3) is 0 Å². The Morgan fingerprint density at radius 2 is 2.06 bits per heavy atom. The first-order valence-electron chi connectivity index (χ1n) is 5.93. The van der Waals surface area contributed by atoms with Crippen LogP contribution in [0.4, 0.5) is 0 Å². The van der Waals surface area contributed by atoms with Crippen molar-refractivity contribution in [2.24, 2.45) is 5.92 Å². The van der Waals surface area contributed by atoms with Gasteiger partial charge in [0.1, 0.15) is 5.75 Å². The molecule has 1 aromatic rings. The number of benzene rings is 1. The highest BCUT2D eigenvalue weighted by Gasteiger charge is 2.50. The largest absolute Gasteiger partial charge is 0.478 e. The summed E-state index contributed by atoms with van der Waals surface area (Å²) in [4.78, 5) is 11.4. The maximum absolute atomic E-state index is 11.4. The van der Waals surface area contributed by atoms with Gasteiger partial charge in [0.15, 0.2) is 0 Å². The third kappa shape index (κ3) is 2.28. The van der Waals surface area contributed by atoms with Crippen molar-refractivity contribution in [1.82, 2.24) is 0 Å². The van der Waals surface area contributed by atoms with Crippen LogP contribution in [-0.4, -0.2) is 16.7 Å². The summed E-state index contributed by atoms with van der Waals surface area (Å²) in [5, 5.41) is 9.32. The molecule has 0 bridgehead atoms. The Kier molecular flexibility index (Phi) is 2.86. The average molecular weight is 234 g/mol. The van der Waals surface area contributed by atoms with E-state index in [0.717, 1.165) is 24.0 Å². The van der Waals surface area contributed by atoms with E-state index in [1.807, 2.05) is 32.0 Å². The van der Waals surface area contributed by atoms with Crippen molar-refractivity contribution in [1.29, 1.82) is 0 Å². The van der Waals surface area contributed by atoms with E-state index in [9.17, 15) is 9.90 Å². The fourth-order valence-corrected chi connectivity index (χ4v) is 2.08. The van der Waals surface area contributed by atoms with E-state index in [4.69, 9.17) is 4.74 Å². The van der Waals surface area contributed by atoms with E-state index >= 15 is 0 Å². The smallest absolute Gasteiger partial charge is 0.348 e. The highest BCUT2D eigenvalue weighted by atomic mass is 16.5. The molecule has 0 saturated heterocycles. The second-order valence-electron chi connectivity index (χ2n) is 5.06. The Labute approximate surface area is 101 Å². The third-order valence-corrected chi connectivity index (χ3v) is 3.43. The molecule has 0 spiro atoms. The minimum atomic E-state index is -1.08. The zero-order chi connectivity index (χ0) is 12.6. The molecule has 0 aromatic heterocycles. The molecule has 0 heterocycles. The normalized spacial score (nSPS) is 18.5. The van der Waals surface area contributed by atoms with Crippen molar-refractivity contribution in [2.45, 2.75) is 39.2 Å². The van der Waals surface area contributed by atoms with E-state index in [0.29, 0.717) is 5.75 Å². The van der Waals surface area contributed by atoms with Crippen LogP contribution >= 0.6 is 0 Å². The number of hydrogen-bond acceptors (Lipinski definition) is 2. The number of aliphatic carboxylic acids is 1. The molecular weight excluding hydrogens is 216 g/mol. The van der Waals surface area contributed by atoms with Gasteiger partial charge in [-0.25, -0.2) is 4.79 Å². The lowest BCUT2D eigenvalue weighted by molar-refractivity contribution is -0.155.